The van der Waals surface area contributed by atoms with Crippen LogP contribution in [0, 0.1) is 11.6 Å². The molecular formula is C18H28F2O. The van der Waals surface area contributed by atoms with Gasteiger partial charge >= 0.3 is 0 Å². The van der Waals surface area contributed by atoms with E-state index >= 15 is 0 Å². The van der Waals surface area contributed by atoms with E-state index in [1.165, 1.54) is 44.6 Å². The Hall–Kier alpha value is -1.12. The highest BCUT2D eigenvalue weighted by Crippen LogP contribution is 2.24. The van der Waals surface area contributed by atoms with Crippen LogP contribution in [0.2, 0.25) is 0 Å². The molecule has 0 bridgehead atoms. The van der Waals surface area contributed by atoms with Crippen LogP contribution in [0.3, 0.4) is 0 Å². The molecule has 0 aliphatic heterocycles. The van der Waals surface area contributed by atoms with Crippen LogP contribution in [0.1, 0.15) is 70.8 Å². The molecule has 0 saturated carbocycles. The van der Waals surface area contributed by atoms with Gasteiger partial charge in [0.15, 0.2) is 11.6 Å². The molecule has 120 valence electrons. The van der Waals surface area contributed by atoms with E-state index in [0.29, 0.717) is 18.6 Å². The number of aryl methyl sites for hydroxylation is 1. The lowest BCUT2D eigenvalue weighted by molar-refractivity contribution is 0.313. The first-order valence-corrected chi connectivity index (χ1v) is 8.30. The maximum atomic E-state index is 13.8. The number of unbranched alkanes of at least 4 members (excludes halogenated alkanes) is 7. The third-order valence-electron chi connectivity index (χ3n) is 3.73. The normalized spacial score (nSPS) is 10.9. The summed E-state index contributed by atoms with van der Waals surface area (Å²) in [6.45, 7) is 4.31. The summed E-state index contributed by atoms with van der Waals surface area (Å²) in [6.07, 6.45) is 10.2. The van der Waals surface area contributed by atoms with Crippen molar-refractivity contribution in [3.05, 3.63) is 29.3 Å². The van der Waals surface area contributed by atoms with Crippen LogP contribution in [-0.4, -0.2) is 6.61 Å². The molecular weight excluding hydrogens is 270 g/mol. The van der Waals surface area contributed by atoms with Gasteiger partial charge in [0, 0.05) is 0 Å². The van der Waals surface area contributed by atoms with Crippen LogP contribution in [0.4, 0.5) is 8.78 Å². The number of ether oxygens (including phenoxy) is 1. The van der Waals surface area contributed by atoms with Crippen LogP contribution in [0.15, 0.2) is 12.1 Å². The Morgan fingerprint density at radius 2 is 1.43 bits per heavy atom. The van der Waals surface area contributed by atoms with Gasteiger partial charge in [0.05, 0.1) is 6.61 Å². The van der Waals surface area contributed by atoms with Crippen molar-refractivity contribution in [3.63, 3.8) is 0 Å². The largest absolute Gasteiger partial charge is 0.491 e. The van der Waals surface area contributed by atoms with Gasteiger partial charge in [-0.15, -0.1) is 0 Å². The molecule has 21 heavy (non-hydrogen) atoms. The van der Waals surface area contributed by atoms with E-state index in [0.717, 1.165) is 12.8 Å². The van der Waals surface area contributed by atoms with Crippen molar-refractivity contribution in [1.29, 1.82) is 0 Å². The Kier molecular flexibility index (Phi) is 9.04. The first kappa shape index (κ1) is 17.9. The van der Waals surface area contributed by atoms with E-state index in [4.69, 9.17) is 4.74 Å². The average Bonchev–Trinajstić information content (AvgIpc) is 2.49. The van der Waals surface area contributed by atoms with Gasteiger partial charge in [0.25, 0.3) is 0 Å². The fourth-order valence-electron chi connectivity index (χ4n) is 2.48. The van der Waals surface area contributed by atoms with Crippen molar-refractivity contribution in [2.45, 2.75) is 71.6 Å². The molecule has 0 spiro atoms. The zero-order valence-electron chi connectivity index (χ0n) is 13.4. The molecule has 0 aliphatic carbocycles. The third-order valence-corrected chi connectivity index (χ3v) is 3.73. The fourth-order valence-corrected chi connectivity index (χ4v) is 2.48. The smallest absolute Gasteiger partial charge is 0.200 e. The van der Waals surface area contributed by atoms with Gasteiger partial charge in [0.2, 0.25) is 5.82 Å². The monoisotopic (exact) mass is 298 g/mol. The highest BCUT2D eigenvalue weighted by atomic mass is 19.2. The first-order valence-electron chi connectivity index (χ1n) is 8.30. The second-order valence-corrected chi connectivity index (χ2v) is 5.51. The molecule has 1 aromatic rings. The Bertz CT molecular complexity index is 404. The summed E-state index contributed by atoms with van der Waals surface area (Å²) < 4.78 is 32.6. The van der Waals surface area contributed by atoms with E-state index in [9.17, 15) is 8.78 Å². The Labute approximate surface area is 127 Å². The van der Waals surface area contributed by atoms with Gasteiger partial charge in [-0.2, -0.15) is 4.39 Å². The second kappa shape index (κ2) is 10.6. The molecule has 0 N–H and O–H groups in total. The number of benzene rings is 1. The van der Waals surface area contributed by atoms with E-state index in [2.05, 4.69) is 6.92 Å². The minimum Gasteiger partial charge on any atom is -0.491 e. The zero-order chi connectivity index (χ0) is 15.5. The minimum absolute atomic E-state index is 0.00896. The number of halogens is 2. The molecule has 0 aliphatic rings. The highest BCUT2D eigenvalue weighted by molar-refractivity contribution is 5.31. The highest BCUT2D eigenvalue weighted by Gasteiger charge is 2.13. The SMILES string of the molecule is CCCCCCCCCCc1ccc(OCC)c(F)c1F. The summed E-state index contributed by atoms with van der Waals surface area (Å²) in [4.78, 5) is 0. The number of hydrogen-bond donors (Lipinski definition) is 0. The van der Waals surface area contributed by atoms with Crippen molar-refractivity contribution in [1.82, 2.24) is 0 Å². The predicted octanol–water partition coefficient (Wildman–Crippen LogP) is 6.05. The van der Waals surface area contributed by atoms with Crippen LogP contribution in [-0.2, 0) is 6.42 Å². The fraction of sp³-hybridized carbons (Fsp3) is 0.667. The van der Waals surface area contributed by atoms with Crippen molar-refractivity contribution in [3.8, 4) is 5.75 Å². The van der Waals surface area contributed by atoms with Crippen LogP contribution in [0.25, 0.3) is 0 Å². The summed E-state index contributed by atoms with van der Waals surface area (Å²) in [5.41, 5.74) is 0.460. The summed E-state index contributed by atoms with van der Waals surface area (Å²) in [7, 11) is 0. The lowest BCUT2D eigenvalue weighted by Crippen LogP contribution is -2.00. The quantitative estimate of drug-likeness (QED) is 0.452. The molecule has 0 heterocycles. The molecule has 1 aromatic carbocycles. The van der Waals surface area contributed by atoms with Crippen LogP contribution >= 0.6 is 0 Å². The van der Waals surface area contributed by atoms with Crippen molar-refractivity contribution in [2.24, 2.45) is 0 Å². The van der Waals surface area contributed by atoms with Crippen molar-refractivity contribution >= 4 is 0 Å². The van der Waals surface area contributed by atoms with Crippen molar-refractivity contribution in [2.75, 3.05) is 6.61 Å². The number of rotatable bonds is 11. The lowest BCUT2D eigenvalue weighted by Gasteiger charge is -2.09. The maximum absolute atomic E-state index is 13.8. The standard InChI is InChI=1S/C18H28F2O/c1-3-5-6-7-8-9-10-11-12-15-13-14-16(21-4-2)18(20)17(15)19/h13-14H,3-12H2,1-2H3. The lowest BCUT2D eigenvalue weighted by atomic mass is 10.0. The van der Waals surface area contributed by atoms with Gasteiger partial charge in [0.1, 0.15) is 0 Å². The summed E-state index contributed by atoms with van der Waals surface area (Å²) in [6, 6.07) is 3.17. The minimum atomic E-state index is -0.853. The zero-order valence-corrected chi connectivity index (χ0v) is 13.4. The molecule has 3 heteroatoms. The molecule has 0 radical (unpaired) electrons. The van der Waals surface area contributed by atoms with Gasteiger partial charge in [-0.25, -0.2) is 4.39 Å². The van der Waals surface area contributed by atoms with E-state index < -0.39 is 11.6 Å². The van der Waals surface area contributed by atoms with E-state index in [1.807, 2.05) is 0 Å². The maximum Gasteiger partial charge on any atom is 0.200 e. The summed E-state index contributed by atoms with van der Waals surface area (Å²) in [5, 5.41) is 0. The molecule has 0 unspecified atom stereocenters. The summed E-state index contributed by atoms with van der Waals surface area (Å²) in [5.74, 6) is -1.59. The molecule has 1 rings (SSSR count). The van der Waals surface area contributed by atoms with E-state index in [1.54, 1.807) is 13.0 Å². The predicted molar refractivity (Wildman–Crippen MR) is 83.8 cm³/mol. The van der Waals surface area contributed by atoms with E-state index in [-0.39, 0.29) is 5.75 Å². The third kappa shape index (κ3) is 6.45. The topological polar surface area (TPSA) is 9.23 Å². The van der Waals surface area contributed by atoms with Crippen LogP contribution < -0.4 is 4.74 Å². The molecule has 0 saturated heterocycles. The van der Waals surface area contributed by atoms with Gasteiger partial charge in [-0.3, -0.25) is 0 Å². The molecule has 0 atom stereocenters. The van der Waals surface area contributed by atoms with Gasteiger partial charge in [-0.05, 0) is 31.4 Å². The molecule has 1 nitrogen and oxygen atoms in total. The Morgan fingerprint density at radius 3 is 2.05 bits per heavy atom. The molecule has 0 amide bonds. The van der Waals surface area contributed by atoms with Gasteiger partial charge in [-0.1, -0.05) is 57.9 Å². The molecule has 0 fully saturated rings. The average molecular weight is 298 g/mol. The molecule has 0 aromatic heterocycles. The van der Waals surface area contributed by atoms with Crippen LogP contribution in [0.5, 0.6) is 5.75 Å². The Balaban J connectivity index is 2.28. The van der Waals surface area contributed by atoms with Crippen molar-refractivity contribution < 1.29 is 13.5 Å². The Morgan fingerprint density at radius 1 is 0.810 bits per heavy atom. The number of hydrogen-bond acceptors (Lipinski definition) is 1. The second-order valence-electron chi connectivity index (χ2n) is 5.51. The summed E-state index contributed by atoms with van der Waals surface area (Å²) >= 11 is 0. The van der Waals surface area contributed by atoms with Gasteiger partial charge < -0.3 is 4.74 Å². The first-order chi connectivity index (χ1) is 10.2.